The number of morpholine rings is 1. The van der Waals surface area contributed by atoms with Crippen LogP contribution < -0.4 is 9.47 Å². The topological polar surface area (TPSA) is 57.2 Å². The molecule has 0 bridgehead atoms. The summed E-state index contributed by atoms with van der Waals surface area (Å²) in [5.41, 5.74) is 2.84. The van der Waals surface area contributed by atoms with Crippen molar-refractivity contribution in [2.45, 2.75) is 52.4 Å². The Kier molecular flexibility index (Phi) is 8.15. The molecule has 0 radical (unpaired) electrons. The summed E-state index contributed by atoms with van der Waals surface area (Å²) in [6, 6.07) is 14.0. The molecule has 3 rings (SSSR count). The first-order valence-electron chi connectivity index (χ1n) is 11.2. The Bertz CT molecular complexity index is 905. The number of carbonyl (C=O) groups is 1. The van der Waals surface area contributed by atoms with Gasteiger partial charge in [0.1, 0.15) is 23.7 Å². The molecule has 1 unspecified atom stereocenters. The van der Waals surface area contributed by atoms with E-state index >= 15 is 0 Å². The third-order valence-corrected chi connectivity index (χ3v) is 5.38. The van der Waals surface area contributed by atoms with Gasteiger partial charge in [0, 0.05) is 25.2 Å². The predicted molar refractivity (Wildman–Crippen MR) is 124 cm³/mol. The van der Waals surface area contributed by atoms with Crippen molar-refractivity contribution in [1.82, 2.24) is 4.90 Å². The molecular weight excluding hydrogens is 406 g/mol. The van der Waals surface area contributed by atoms with Gasteiger partial charge in [0.15, 0.2) is 0 Å². The lowest BCUT2D eigenvalue weighted by Gasteiger charge is -2.33. The van der Waals surface area contributed by atoms with Crippen LogP contribution in [-0.4, -0.2) is 49.8 Å². The molecule has 0 aromatic heterocycles. The van der Waals surface area contributed by atoms with Crippen LogP contribution in [0.2, 0.25) is 0 Å². The number of aryl methyl sites for hydroxylation is 1. The number of nitrogens with zero attached hydrogens (tertiary/aromatic N) is 1. The minimum absolute atomic E-state index is 0.0225. The van der Waals surface area contributed by atoms with Crippen LogP contribution in [-0.2, 0) is 20.9 Å². The largest absolute Gasteiger partial charge is 0.496 e. The van der Waals surface area contributed by atoms with E-state index in [-0.39, 0.29) is 12.1 Å². The van der Waals surface area contributed by atoms with Crippen molar-refractivity contribution >= 4 is 5.97 Å². The molecule has 0 saturated carbocycles. The van der Waals surface area contributed by atoms with Gasteiger partial charge in [-0.3, -0.25) is 9.69 Å². The molecule has 2 aromatic carbocycles. The lowest BCUT2D eigenvalue weighted by molar-refractivity contribution is -0.155. The van der Waals surface area contributed by atoms with Gasteiger partial charge in [0.05, 0.1) is 26.2 Å². The number of methoxy groups -OCH3 is 1. The standard InChI is InChI=1S/C26H35NO5/c1-19-16-21(31-18-20-8-6-7-9-23(20)29-5)10-11-22(19)24-17-27(14-15-30-24)13-12-25(28)32-26(2,3)4/h6-11,16,24H,12-15,17-18H2,1-5H3. The first-order chi connectivity index (χ1) is 15.2. The lowest BCUT2D eigenvalue weighted by atomic mass is 10.0. The van der Waals surface area contributed by atoms with Crippen molar-refractivity contribution in [3.63, 3.8) is 0 Å². The zero-order chi connectivity index (χ0) is 23.1. The SMILES string of the molecule is COc1ccccc1COc1ccc(C2CN(CCC(=O)OC(C)(C)C)CCO2)c(C)c1. The average molecular weight is 442 g/mol. The van der Waals surface area contributed by atoms with Crippen LogP contribution in [0.25, 0.3) is 0 Å². The highest BCUT2D eigenvalue weighted by atomic mass is 16.6. The molecule has 0 aliphatic carbocycles. The fourth-order valence-corrected chi connectivity index (χ4v) is 3.82. The summed E-state index contributed by atoms with van der Waals surface area (Å²) in [6.07, 6.45) is 0.365. The maximum atomic E-state index is 12.0. The van der Waals surface area contributed by atoms with E-state index < -0.39 is 5.60 Å². The summed E-state index contributed by atoms with van der Waals surface area (Å²) >= 11 is 0. The average Bonchev–Trinajstić information content (AvgIpc) is 2.75. The Balaban J connectivity index is 1.56. The lowest BCUT2D eigenvalue weighted by Crippen LogP contribution is -2.40. The molecule has 1 aliphatic rings. The summed E-state index contributed by atoms with van der Waals surface area (Å²) < 4.78 is 22.9. The van der Waals surface area contributed by atoms with Gasteiger partial charge >= 0.3 is 5.97 Å². The van der Waals surface area contributed by atoms with E-state index in [2.05, 4.69) is 17.9 Å². The summed E-state index contributed by atoms with van der Waals surface area (Å²) in [5.74, 6) is 1.48. The number of hydrogen-bond donors (Lipinski definition) is 0. The predicted octanol–water partition coefficient (Wildman–Crippen LogP) is 4.69. The molecule has 1 aliphatic heterocycles. The van der Waals surface area contributed by atoms with Crippen molar-refractivity contribution in [1.29, 1.82) is 0 Å². The second kappa shape index (κ2) is 10.8. The van der Waals surface area contributed by atoms with E-state index in [1.165, 1.54) is 0 Å². The molecule has 1 heterocycles. The molecule has 32 heavy (non-hydrogen) atoms. The monoisotopic (exact) mass is 441 g/mol. The molecule has 0 amide bonds. The minimum atomic E-state index is -0.447. The van der Waals surface area contributed by atoms with Crippen LogP contribution in [0.5, 0.6) is 11.5 Å². The van der Waals surface area contributed by atoms with E-state index in [0.717, 1.165) is 41.3 Å². The zero-order valence-corrected chi connectivity index (χ0v) is 19.8. The normalized spacial score (nSPS) is 17.1. The summed E-state index contributed by atoms with van der Waals surface area (Å²) in [6.45, 7) is 11.1. The van der Waals surface area contributed by atoms with Crippen molar-refractivity contribution in [3.8, 4) is 11.5 Å². The molecule has 0 N–H and O–H groups in total. The van der Waals surface area contributed by atoms with E-state index in [9.17, 15) is 4.79 Å². The van der Waals surface area contributed by atoms with Crippen molar-refractivity contribution < 1.29 is 23.7 Å². The van der Waals surface area contributed by atoms with Gasteiger partial charge in [0.2, 0.25) is 0 Å². The summed E-state index contributed by atoms with van der Waals surface area (Å²) in [7, 11) is 1.67. The second-order valence-corrected chi connectivity index (χ2v) is 9.12. The smallest absolute Gasteiger partial charge is 0.307 e. The number of esters is 1. The fourth-order valence-electron chi connectivity index (χ4n) is 3.82. The van der Waals surface area contributed by atoms with Crippen LogP contribution in [0.1, 0.15) is 50.0 Å². The Hall–Kier alpha value is -2.57. The second-order valence-electron chi connectivity index (χ2n) is 9.12. The summed E-state index contributed by atoms with van der Waals surface area (Å²) in [5, 5.41) is 0. The zero-order valence-electron chi connectivity index (χ0n) is 19.8. The van der Waals surface area contributed by atoms with Crippen LogP contribution in [0.15, 0.2) is 42.5 Å². The number of ether oxygens (including phenoxy) is 4. The Morgan fingerprint density at radius 3 is 2.69 bits per heavy atom. The van der Waals surface area contributed by atoms with Gasteiger partial charge in [-0.2, -0.15) is 0 Å². The van der Waals surface area contributed by atoms with Crippen LogP contribution in [0.3, 0.4) is 0 Å². The first kappa shape index (κ1) is 24.1. The Morgan fingerprint density at radius 1 is 1.19 bits per heavy atom. The van der Waals surface area contributed by atoms with E-state index in [1.807, 2.05) is 57.2 Å². The Morgan fingerprint density at radius 2 is 1.97 bits per heavy atom. The number of para-hydroxylation sites is 1. The number of carbonyl (C=O) groups excluding carboxylic acids is 1. The third-order valence-electron chi connectivity index (χ3n) is 5.38. The molecule has 0 spiro atoms. The van der Waals surface area contributed by atoms with Gasteiger partial charge in [0.25, 0.3) is 0 Å². The van der Waals surface area contributed by atoms with Crippen LogP contribution in [0, 0.1) is 6.92 Å². The molecular formula is C26H35NO5. The maximum Gasteiger partial charge on any atom is 0.307 e. The highest BCUT2D eigenvalue weighted by Crippen LogP contribution is 2.29. The molecule has 1 atom stereocenters. The molecule has 6 heteroatoms. The molecule has 1 fully saturated rings. The van der Waals surface area contributed by atoms with Crippen molar-refractivity contribution in [3.05, 3.63) is 59.2 Å². The summed E-state index contributed by atoms with van der Waals surface area (Å²) in [4.78, 5) is 14.3. The fraction of sp³-hybridized carbons (Fsp3) is 0.500. The third kappa shape index (κ3) is 6.97. The highest BCUT2D eigenvalue weighted by molar-refractivity contribution is 5.70. The molecule has 1 saturated heterocycles. The van der Waals surface area contributed by atoms with E-state index in [1.54, 1.807) is 7.11 Å². The Labute approximate surface area is 191 Å². The van der Waals surface area contributed by atoms with Crippen LogP contribution in [0.4, 0.5) is 0 Å². The van der Waals surface area contributed by atoms with Gasteiger partial charge in [-0.05, 0) is 57.0 Å². The molecule has 174 valence electrons. The quantitative estimate of drug-likeness (QED) is 0.554. The van der Waals surface area contributed by atoms with E-state index in [0.29, 0.717) is 26.2 Å². The molecule has 2 aromatic rings. The number of rotatable bonds is 8. The van der Waals surface area contributed by atoms with E-state index in [4.69, 9.17) is 18.9 Å². The number of benzene rings is 2. The first-order valence-corrected chi connectivity index (χ1v) is 11.2. The molecule has 6 nitrogen and oxygen atoms in total. The maximum absolute atomic E-state index is 12.0. The van der Waals surface area contributed by atoms with Crippen molar-refractivity contribution in [2.75, 3.05) is 33.4 Å². The van der Waals surface area contributed by atoms with Gasteiger partial charge in [-0.25, -0.2) is 0 Å². The van der Waals surface area contributed by atoms with Crippen LogP contribution >= 0.6 is 0 Å². The van der Waals surface area contributed by atoms with Gasteiger partial charge in [-0.15, -0.1) is 0 Å². The number of hydrogen-bond acceptors (Lipinski definition) is 6. The minimum Gasteiger partial charge on any atom is -0.496 e. The van der Waals surface area contributed by atoms with Crippen molar-refractivity contribution in [2.24, 2.45) is 0 Å². The van der Waals surface area contributed by atoms with Gasteiger partial charge in [-0.1, -0.05) is 24.3 Å². The highest BCUT2D eigenvalue weighted by Gasteiger charge is 2.24. The van der Waals surface area contributed by atoms with Gasteiger partial charge < -0.3 is 18.9 Å².